The molecule has 154 valence electrons. The molecule has 1 aromatic heterocycles. The molecule has 2 heterocycles. The van der Waals surface area contributed by atoms with Crippen LogP contribution in [-0.4, -0.2) is 36.3 Å². The van der Waals surface area contributed by atoms with Gasteiger partial charge in [0.2, 0.25) is 5.91 Å². The number of benzene rings is 2. The van der Waals surface area contributed by atoms with Crippen molar-refractivity contribution in [2.24, 2.45) is 5.92 Å². The monoisotopic (exact) mass is 406 g/mol. The first kappa shape index (κ1) is 19.8. The lowest BCUT2D eigenvalue weighted by Gasteiger charge is -2.31. The number of nitrogens with one attached hydrogen (secondary N) is 1. The van der Waals surface area contributed by atoms with Crippen LogP contribution in [0.1, 0.15) is 12.8 Å². The van der Waals surface area contributed by atoms with Gasteiger partial charge in [-0.25, -0.2) is 4.39 Å². The molecule has 0 saturated carbocycles. The van der Waals surface area contributed by atoms with Crippen LogP contribution in [0.15, 0.2) is 60.7 Å². The van der Waals surface area contributed by atoms with E-state index in [4.69, 9.17) is 4.74 Å². The van der Waals surface area contributed by atoms with Crippen molar-refractivity contribution in [2.75, 3.05) is 30.4 Å². The average molecular weight is 406 g/mol. The summed E-state index contributed by atoms with van der Waals surface area (Å²) in [6.07, 6.45) is 1.49. The molecule has 0 spiro atoms. The number of piperidine rings is 1. The molecule has 0 radical (unpaired) electrons. The Kier molecular flexibility index (Phi) is 5.88. The first-order chi connectivity index (χ1) is 14.6. The zero-order chi connectivity index (χ0) is 20.9. The molecule has 1 aliphatic rings. The van der Waals surface area contributed by atoms with Crippen molar-refractivity contribution in [3.05, 3.63) is 66.5 Å². The summed E-state index contributed by atoms with van der Waals surface area (Å²) in [4.78, 5) is 14.7. The van der Waals surface area contributed by atoms with Crippen LogP contribution in [0.2, 0.25) is 0 Å². The number of amides is 1. The van der Waals surface area contributed by atoms with Crippen LogP contribution in [0, 0.1) is 11.7 Å². The molecule has 7 heteroatoms. The van der Waals surface area contributed by atoms with Gasteiger partial charge < -0.3 is 15.0 Å². The van der Waals surface area contributed by atoms with Crippen LogP contribution >= 0.6 is 0 Å². The first-order valence-electron chi connectivity index (χ1n) is 9.92. The average Bonchev–Trinajstić information content (AvgIpc) is 2.80. The third-order valence-electron chi connectivity index (χ3n) is 5.32. The van der Waals surface area contributed by atoms with E-state index in [0.29, 0.717) is 11.4 Å². The van der Waals surface area contributed by atoms with E-state index in [-0.39, 0.29) is 17.6 Å². The van der Waals surface area contributed by atoms with Crippen LogP contribution in [-0.2, 0) is 4.79 Å². The van der Waals surface area contributed by atoms with E-state index in [2.05, 4.69) is 20.4 Å². The summed E-state index contributed by atoms with van der Waals surface area (Å²) >= 11 is 0. The number of aromatic nitrogens is 2. The molecule has 0 unspecified atom stereocenters. The molecule has 1 N–H and O–H groups in total. The Bertz CT molecular complexity index is 1000. The SMILES string of the molecule is COc1cccc(NC(=O)C2CCN(c3ccc(-c4ccc(F)cc4)nn3)CC2)c1. The minimum Gasteiger partial charge on any atom is -0.497 e. The Morgan fingerprint density at radius 1 is 1.07 bits per heavy atom. The van der Waals surface area contributed by atoms with E-state index in [0.717, 1.165) is 43.0 Å². The molecule has 3 aromatic rings. The van der Waals surface area contributed by atoms with Gasteiger partial charge in [-0.05, 0) is 61.4 Å². The maximum absolute atomic E-state index is 13.1. The minimum atomic E-state index is -0.276. The predicted molar refractivity (Wildman–Crippen MR) is 114 cm³/mol. The molecule has 6 nitrogen and oxygen atoms in total. The Morgan fingerprint density at radius 2 is 1.83 bits per heavy atom. The Hall–Kier alpha value is -3.48. The molecule has 0 aliphatic carbocycles. The number of methoxy groups -OCH3 is 1. The minimum absolute atomic E-state index is 0.0284. The fraction of sp³-hybridized carbons (Fsp3) is 0.261. The van der Waals surface area contributed by atoms with E-state index in [1.54, 1.807) is 19.2 Å². The molecule has 1 saturated heterocycles. The van der Waals surface area contributed by atoms with Gasteiger partial charge in [-0.2, -0.15) is 0 Å². The molecule has 4 rings (SSSR count). The zero-order valence-corrected chi connectivity index (χ0v) is 16.7. The summed E-state index contributed by atoms with van der Waals surface area (Å²) in [5, 5.41) is 11.6. The number of hydrogen-bond acceptors (Lipinski definition) is 5. The second-order valence-corrected chi connectivity index (χ2v) is 7.27. The fourth-order valence-corrected chi connectivity index (χ4v) is 3.58. The molecule has 1 fully saturated rings. The lowest BCUT2D eigenvalue weighted by Crippen LogP contribution is -2.38. The lowest BCUT2D eigenvalue weighted by molar-refractivity contribution is -0.120. The van der Waals surface area contributed by atoms with E-state index >= 15 is 0 Å². The number of halogens is 1. The Balaban J connectivity index is 1.33. The summed E-state index contributed by atoms with van der Waals surface area (Å²) < 4.78 is 18.3. The molecule has 1 amide bonds. The largest absolute Gasteiger partial charge is 0.497 e. The van der Waals surface area contributed by atoms with Gasteiger partial charge in [0.1, 0.15) is 11.6 Å². The van der Waals surface area contributed by atoms with Gasteiger partial charge in [0.05, 0.1) is 12.8 Å². The highest BCUT2D eigenvalue weighted by Crippen LogP contribution is 2.25. The van der Waals surface area contributed by atoms with Gasteiger partial charge in [0, 0.05) is 36.3 Å². The van der Waals surface area contributed by atoms with Gasteiger partial charge >= 0.3 is 0 Å². The topological polar surface area (TPSA) is 67.3 Å². The summed E-state index contributed by atoms with van der Waals surface area (Å²) in [7, 11) is 1.60. The van der Waals surface area contributed by atoms with Gasteiger partial charge in [-0.1, -0.05) is 6.07 Å². The van der Waals surface area contributed by atoms with Gasteiger partial charge in [-0.15, -0.1) is 10.2 Å². The highest BCUT2D eigenvalue weighted by Gasteiger charge is 2.26. The smallest absolute Gasteiger partial charge is 0.227 e. The van der Waals surface area contributed by atoms with E-state index in [1.165, 1.54) is 12.1 Å². The summed E-state index contributed by atoms with van der Waals surface area (Å²) in [5.74, 6) is 1.21. The van der Waals surface area contributed by atoms with Crippen molar-refractivity contribution in [1.29, 1.82) is 0 Å². The molecular formula is C23H23FN4O2. The third-order valence-corrected chi connectivity index (χ3v) is 5.32. The Morgan fingerprint density at radius 3 is 2.50 bits per heavy atom. The number of carbonyl (C=O) groups excluding carboxylic acids is 1. The normalized spacial score (nSPS) is 14.4. The number of anilines is 2. The standard InChI is InChI=1S/C23H23FN4O2/c1-30-20-4-2-3-19(15-20)25-23(29)17-11-13-28(14-12-17)22-10-9-21(26-27-22)16-5-7-18(24)8-6-16/h2-10,15,17H,11-14H2,1H3,(H,25,29). The summed E-state index contributed by atoms with van der Waals surface area (Å²) in [6, 6.07) is 17.4. The van der Waals surface area contributed by atoms with Crippen molar-refractivity contribution in [3.8, 4) is 17.0 Å². The lowest BCUT2D eigenvalue weighted by atomic mass is 9.95. The number of ether oxygens (including phenoxy) is 1. The van der Waals surface area contributed by atoms with Gasteiger partial charge in [-0.3, -0.25) is 4.79 Å². The van der Waals surface area contributed by atoms with Crippen LogP contribution in [0.3, 0.4) is 0 Å². The first-order valence-corrected chi connectivity index (χ1v) is 9.92. The molecule has 0 atom stereocenters. The van der Waals surface area contributed by atoms with E-state index < -0.39 is 0 Å². The van der Waals surface area contributed by atoms with Crippen molar-refractivity contribution >= 4 is 17.4 Å². The fourth-order valence-electron chi connectivity index (χ4n) is 3.58. The maximum atomic E-state index is 13.1. The number of nitrogens with zero attached hydrogens (tertiary/aromatic N) is 3. The van der Waals surface area contributed by atoms with Crippen LogP contribution < -0.4 is 15.0 Å². The van der Waals surface area contributed by atoms with E-state index in [1.807, 2.05) is 36.4 Å². The summed E-state index contributed by atoms with van der Waals surface area (Å²) in [6.45, 7) is 1.47. The number of rotatable bonds is 5. The van der Waals surface area contributed by atoms with Crippen molar-refractivity contribution in [1.82, 2.24) is 10.2 Å². The molecule has 1 aliphatic heterocycles. The number of hydrogen-bond donors (Lipinski definition) is 1. The highest BCUT2D eigenvalue weighted by molar-refractivity contribution is 5.92. The third kappa shape index (κ3) is 4.56. The van der Waals surface area contributed by atoms with Crippen molar-refractivity contribution in [3.63, 3.8) is 0 Å². The summed E-state index contributed by atoms with van der Waals surface area (Å²) in [5.41, 5.74) is 2.26. The van der Waals surface area contributed by atoms with Crippen molar-refractivity contribution < 1.29 is 13.9 Å². The molecule has 0 bridgehead atoms. The number of carbonyl (C=O) groups is 1. The second-order valence-electron chi connectivity index (χ2n) is 7.27. The van der Waals surface area contributed by atoms with Gasteiger partial charge in [0.15, 0.2) is 5.82 Å². The molecule has 2 aromatic carbocycles. The van der Waals surface area contributed by atoms with Crippen LogP contribution in [0.4, 0.5) is 15.9 Å². The van der Waals surface area contributed by atoms with Crippen LogP contribution in [0.25, 0.3) is 11.3 Å². The predicted octanol–water partition coefficient (Wildman–Crippen LogP) is 4.15. The maximum Gasteiger partial charge on any atom is 0.227 e. The zero-order valence-electron chi connectivity index (χ0n) is 16.7. The molecular weight excluding hydrogens is 383 g/mol. The Labute approximate surface area is 174 Å². The second kappa shape index (κ2) is 8.90. The van der Waals surface area contributed by atoms with Gasteiger partial charge in [0.25, 0.3) is 0 Å². The molecule has 30 heavy (non-hydrogen) atoms. The quantitative estimate of drug-likeness (QED) is 0.690. The highest BCUT2D eigenvalue weighted by atomic mass is 19.1. The van der Waals surface area contributed by atoms with Crippen molar-refractivity contribution in [2.45, 2.75) is 12.8 Å². The van der Waals surface area contributed by atoms with Crippen LogP contribution in [0.5, 0.6) is 5.75 Å². The van der Waals surface area contributed by atoms with E-state index in [9.17, 15) is 9.18 Å².